The zero-order valence-electron chi connectivity index (χ0n) is 11.0. The van der Waals surface area contributed by atoms with Crippen LogP contribution in [0, 0.1) is 5.92 Å². The molecule has 0 aromatic carbocycles. The van der Waals surface area contributed by atoms with Gasteiger partial charge in [-0.15, -0.1) is 0 Å². The minimum atomic E-state index is -0.477. The number of ether oxygens (including phenoxy) is 1. The number of nitrogens with one attached hydrogen (secondary N) is 1. The van der Waals surface area contributed by atoms with Gasteiger partial charge in [-0.2, -0.15) is 0 Å². The summed E-state index contributed by atoms with van der Waals surface area (Å²) < 4.78 is 5.50. The van der Waals surface area contributed by atoms with Crippen molar-refractivity contribution in [3.63, 3.8) is 0 Å². The summed E-state index contributed by atoms with van der Waals surface area (Å²) in [6, 6.07) is 0. The Morgan fingerprint density at radius 1 is 1.41 bits per heavy atom. The molecule has 0 aliphatic carbocycles. The van der Waals surface area contributed by atoms with Crippen LogP contribution in [0.25, 0.3) is 0 Å². The molecule has 2 saturated heterocycles. The highest BCUT2D eigenvalue weighted by atomic mass is 16.5. The van der Waals surface area contributed by atoms with Crippen LogP contribution < -0.4 is 5.32 Å². The average molecular weight is 242 g/mol. The maximum atomic E-state index is 10.5. The van der Waals surface area contributed by atoms with E-state index in [2.05, 4.69) is 17.3 Å². The van der Waals surface area contributed by atoms with Crippen molar-refractivity contribution in [1.29, 1.82) is 0 Å². The summed E-state index contributed by atoms with van der Waals surface area (Å²) in [6.45, 7) is 5.55. The average Bonchev–Trinajstić information content (AvgIpc) is 2.30. The van der Waals surface area contributed by atoms with Gasteiger partial charge in [-0.05, 0) is 51.7 Å². The van der Waals surface area contributed by atoms with E-state index in [1.54, 1.807) is 0 Å². The van der Waals surface area contributed by atoms with E-state index in [4.69, 9.17) is 4.74 Å². The lowest BCUT2D eigenvalue weighted by atomic mass is 9.91. The molecule has 4 nitrogen and oxygen atoms in total. The fourth-order valence-electron chi connectivity index (χ4n) is 3.01. The Morgan fingerprint density at radius 3 is 2.82 bits per heavy atom. The van der Waals surface area contributed by atoms with E-state index in [1.165, 1.54) is 12.8 Å². The molecule has 0 aromatic rings. The van der Waals surface area contributed by atoms with Crippen LogP contribution in [-0.4, -0.2) is 62.0 Å². The minimum absolute atomic E-state index is 0.477. The second kappa shape index (κ2) is 6.14. The third-order valence-corrected chi connectivity index (χ3v) is 3.92. The number of hydrogen-bond donors (Lipinski definition) is 2. The molecule has 2 rings (SSSR count). The number of nitrogens with zero attached hydrogens (tertiary/aromatic N) is 1. The topological polar surface area (TPSA) is 44.7 Å². The van der Waals surface area contributed by atoms with Crippen molar-refractivity contribution in [2.24, 2.45) is 5.92 Å². The van der Waals surface area contributed by atoms with Crippen LogP contribution in [0.5, 0.6) is 0 Å². The first-order valence-electron chi connectivity index (χ1n) is 6.87. The SMILES string of the molecule is CN(CC1CCCOC1)CC1(O)CCNCC1. The largest absolute Gasteiger partial charge is 0.388 e. The molecule has 0 saturated carbocycles. The van der Waals surface area contributed by atoms with Crippen LogP contribution in [0.15, 0.2) is 0 Å². The van der Waals surface area contributed by atoms with E-state index >= 15 is 0 Å². The van der Waals surface area contributed by atoms with Gasteiger partial charge in [-0.3, -0.25) is 0 Å². The van der Waals surface area contributed by atoms with Gasteiger partial charge in [0.25, 0.3) is 0 Å². The van der Waals surface area contributed by atoms with Gasteiger partial charge in [0.1, 0.15) is 0 Å². The summed E-state index contributed by atoms with van der Waals surface area (Å²) in [7, 11) is 2.12. The number of rotatable bonds is 4. The molecule has 2 fully saturated rings. The molecule has 2 aliphatic heterocycles. The number of hydrogen-bond acceptors (Lipinski definition) is 4. The normalized spacial score (nSPS) is 29.5. The first-order valence-corrected chi connectivity index (χ1v) is 6.87. The highest BCUT2D eigenvalue weighted by molar-refractivity contribution is 4.87. The van der Waals surface area contributed by atoms with Crippen molar-refractivity contribution in [1.82, 2.24) is 10.2 Å². The molecule has 0 spiro atoms. The lowest BCUT2D eigenvalue weighted by molar-refractivity contribution is -0.0255. The maximum Gasteiger partial charge on any atom is 0.0798 e. The molecule has 1 unspecified atom stereocenters. The molecule has 4 heteroatoms. The number of likely N-dealkylation sites (N-methyl/N-ethyl adjacent to an activating group) is 1. The van der Waals surface area contributed by atoms with Crippen LogP contribution in [0.4, 0.5) is 0 Å². The van der Waals surface area contributed by atoms with E-state index in [9.17, 15) is 5.11 Å². The van der Waals surface area contributed by atoms with Crippen molar-refractivity contribution in [2.75, 3.05) is 46.4 Å². The van der Waals surface area contributed by atoms with E-state index < -0.39 is 5.60 Å². The third kappa shape index (κ3) is 4.21. The summed E-state index contributed by atoms with van der Waals surface area (Å²) in [5.41, 5.74) is -0.477. The fourth-order valence-corrected chi connectivity index (χ4v) is 3.01. The highest BCUT2D eigenvalue weighted by Gasteiger charge is 2.30. The molecule has 100 valence electrons. The second-order valence-electron chi connectivity index (χ2n) is 5.75. The summed E-state index contributed by atoms with van der Waals surface area (Å²) in [5, 5.41) is 13.8. The van der Waals surface area contributed by atoms with Gasteiger partial charge in [0.2, 0.25) is 0 Å². The van der Waals surface area contributed by atoms with Crippen LogP contribution >= 0.6 is 0 Å². The van der Waals surface area contributed by atoms with Crippen LogP contribution in [0.1, 0.15) is 25.7 Å². The highest BCUT2D eigenvalue weighted by Crippen LogP contribution is 2.21. The van der Waals surface area contributed by atoms with Crippen molar-refractivity contribution in [3.05, 3.63) is 0 Å². The smallest absolute Gasteiger partial charge is 0.0798 e. The van der Waals surface area contributed by atoms with Gasteiger partial charge in [0.05, 0.1) is 12.2 Å². The number of piperidine rings is 1. The van der Waals surface area contributed by atoms with E-state index in [0.29, 0.717) is 5.92 Å². The summed E-state index contributed by atoms with van der Waals surface area (Å²) in [4.78, 5) is 2.28. The van der Waals surface area contributed by atoms with Gasteiger partial charge in [0, 0.05) is 19.7 Å². The van der Waals surface area contributed by atoms with Gasteiger partial charge in [-0.1, -0.05) is 0 Å². The monoisotopic (exact) mass is 242 g/mol. The summed E-state index contributed by atoms with van der Waals surface area (Å²) in [5.74, 6) is 0.652. The zero-order valence-corrected chi connectivity index (χ0v) is 11.0. The molecule has 0 aromatic heterocycles. The Labute approximate surface area is 104 Å². The van der Waals surface area contributed by atoms with Crippen molar-refractivity contribution >= 4 is 0 Å². The molecule has 0 bridgehead atoms. The molecule has 2 heterocycles. The van der Waals surface area contributed by atoms with Gasteiger partial charge in [0.15, 0.2) is 0 Å². The molecule has 0 amide bonds. The quantitative estimate of drug-likeness (QED) is 0.752. The van der Waals surface area contributed by atoms with E-state index in [0.717, 1.165) is 52.2 Å². The Balaban J connectivity index is 1.73. The Hall–Kier alpha value is -0.160. The zero-order chi connectivity index (χ0) is 12.1. The van der Waals surface area contributed by atoms with Gasteiger partial charge in [-0.25, -0.2) is 0 Å². The van der Waals surface area contributed by atoms with Crippen molar-refractivity contribution in [2.45, 2.75) is 31.3 Å². The van der Waals surface area contributed by atoms with Crippen molar-refractivity contribution in [3.8, 4) is 0 Å². The van der Waals surface area contributed by atoms with Crippen LogP contribution in [0.2, 0.25) is 0 Å². The van der Waals surface area contributed by atoms with Crippen molar-refractivity contribution < 1.29 is 9.84 Å². The van der Waals surface area contributed by atoms with Gasteiger partial charge < -0.3 is 20.1 Å². The van der Waals surface area contributed by atoms with Crippen LogP contribution in [0.3, 0.4) is 0 Å². The standard InChI is InChI=1S/C13H26N2O2/c1-15(9-12-3-2-8-17-10-12)11-13(16)4-6-14-7-5-13/h12,14,16H,2-11H2,1H3. The molecule has 17 heavy (non-hydrogen) atoms. The fraction of sp³-hybridized carbons (Fsp3) is 1.00. The third-order valence-electron chi connectivity index (χ3n) is 3.92. The molecular formula is C13H26N2O2. The molecule has 1 atom stereocenters. The van der Waals surface area contributed by atoms with Crippen LogP contribution in [-0.2, 0) is 4.74 Å². The lowest BCUT2D eigenvalue weighted by Gasteiger charge is -2.37. The summed E-state index contributed by atoms with van der Waals surface area (Å²) >= 11 is 0. The maximum absolute atomic E-state index is 10.5. The predicted molar refractivity (Wildman–Crippen MR) is 68.1 cm³/mol. The van der Waals surface area contributed by atoms with E-state index in [1.807, 2.05) is 0 Å². The van der Waals surface area contributed by atoms with Gasteiger partial charge >= 0.3 is 0 Å². The Bertz CT molecular complexity index is 223. The first kappa shape index (κ1) is 13.3. The lowest BCUT2D eigenvalue weighted by Crippen LogP contribution is -2.49. The second-order valence-corrected chi connectivity index (χ2v) is 5.75. The predicted octanol–water partition coefficient (Wildman–Crippen LogP) is 0.459. The summed E-state index contributed by atoms with van der Waals surface area (Å²) in [6.07, 6.45) is 4.20. The number of aliphatic hydroxyl groups is 1. The van der Waals surface area contributed by atoms with E-state index in [-0.39, 0.29) is 0 Å². The Kier molecular flexibility index (Phi) is 4.79. The molecule has 2 N–H and O–H groups in total. The molecule has 0 radical (unpaired) electrons. The molecular weight excluding hydrogens is 216 g/mol. The molecule has 2 aliphatic rings. The minimum Gasteiger partial charge on any atom is -0.388 e. The Morgan fingerprint density at radius 2 is 2.18 bits per heavy atom. The first-order chi connectivity index (χ1) is 8.18.